The third kappa shape index (κ3) is 6.02. The fourth-order valence-electron chi connectivity index (χ4n) is 3.15. The molecule has 2 aromatic carbocycles. The number of hydrogen-bond donors (Lipinski definition) is 2. The summed E-state index contributed by atoms with van der Waals surface area (Å²) in [6, 6.07) is 13.8. The van der Waals surface area contributed by atoms with Crippen LogP contribution in [0.1, 0.15) is 12.0 Å². The molecule has 3 rings (SSSR count). The van der Waals surface area contributed by atoms with Gasteiger partial charge in [-0.1, -0.05) is 18.2 Å². The van der Waals surface area contributed by atoms with E-state index in [2.05, 4.69) is 39.8 Å². The van der Waals surface area contributed by atoms with Gasteiger partial charge in [0, 0.05) is 43.1 Å². The molecular formula is C21H24N4O5. The van der Waals surface area contributed by atoms with E-state index in [0.29, 0.717) is 13.0 Å². The van der Waals surface area contributed by atoms with Crippen LogP contribution in [-0.2, 0) is 20.7 Å². The average molecular weight is 412 g/mol. The quantitative estimate of drug-likeness (QED) is 0.312. The molecule has 9 heteroatoms. The number of hydrogen-bond acceptors (Lipinski definition) is 6. The van der Waals surface area contributed by atoms with Crippen LogP contribution in [0.2, 0.25) is 0 Å². The molecular weight excluding hydrogens is 388 g/mol. The summed E-state index contributed by atoms with van der Waals surface area (Å²) in [5, 5.41) is 15.7. The molecule has 0 atom stereocenters. The molecule has 2 N–H and O–H groups in total. The Morgan fingerprint density at radius 1 is 1.07 bits per heavy atom. The van der Waals surface area contributed by atoms with Crippen molar-refractivity contribution in [3.05, 3.63) is 64.2 Å². The molecule has 158 valence electrons. The monoisotopic (exact) mass is 412 g/mol. The highest BCUT2D eigenvalue weighted by molar-refractivity contribution is 6.39. The first-order chi connectivity index (χ1) is 14.5. The fraction of sp³-hybridized carbons (Fsp3) is 0.333. The third-order valence-electron chi connectivity index (χ3n) is 4.76. The smallest absolute Gasteiger partial charge is 0.313 e. The lowest BCUT2D eigenvalue weighted by molar-refractivity contribution is -0.384. The summed E-state index contributed by atoms with van der Waals surface area (Å²) in [6.45, 7) is 3.63. The molecule has 1 saturated heterocycles. The minimum Gasteiger partial charge on any atom is -0.378 e. The van der Waals surface area contributed by atoms with Gasteiger partial charge in [-0.15, -0.1) is 0 Å². The van der Waals surface area contributed by atoms with Gasteiger partial charge in [0.05, 0.1) is 18.1 Å². The van der Waals surface area contributed by atoms with Gasteiger partial charge in [-0.05, 0) is 36.6 Å². The lowest BCUT2D eigenvalue weighted by atomic mass is 10.1. The first-order valence-electron chi connectivity index (χ1n) is 9.78. The van der Waals surface area contributed by atoms with E-state index in [4.69, 9.17) is 4.74 Å². The van der Waals surface area contributed by atoms with Gasteiger partial charge in [0.15, 0.2) is 0 Å². The summed E-state index contributed by atoms with van der Waals surface area (Å²) < 4.78 is 5.36. The van der Waals surface area contributed by atoms with Gasteiger partial charge in [0.2, 0.25) is 0 Å². The second-order valence-corrected chi connectivity index (χ2v) is 6.89. The predicted molar refractivity (Wildman–Crippen MR) is 113 cm³/mol. The van der Waals surface area contributed by atoms with E-state index in [1.807, 2.05) is 0 Å². The van der Waals surface area contributed by atoms with Crippen molar-refractivity contribution in [2.24, 2.45) is 0 Å². The maximum absolute atomic E-state index is 11.9. The van der Waals surface area contributed by atoms with Crippen LogP contribution < -0.4 is 15.5 Å². The molecule has 2 amide bonds. The maximum Gasteiger partial charge on any atom is 0.313 e. The highest BCUT2D eigenvalue weighted by Crippen LogP contribution is 2.18. The van der Waals surface area contributed by atoms with E-state index in [1.165, 1.54) is 30.0 Å². The van der Waals surface area contributed by atoms with Crippen molar-refractivity contribution in [3.8, 4) is 0 Å². The Kier molecular flexibility index (Phi) is 7.34. The van der Waals surface area contributed by atoms with Gasteiger partial charge < -0.3 is 20.3 Å². The van der Waals surface area contributed by atoms with Crippen LogP contribution in [0.25, 0.3) is 0 Å². The number of nitrogens with zero attached hydrogens (tertiary/aromatic N) is 2. The minimum atomic E-state index is -0.856. The molecule has 9 nitrogen and oxygen atoms in total. The number of non-ortho nitro benzene ring substituents is 1. The van der Waals surface area contributed by atoms with Crippen molar-refractivity contribution in [1.29, 1.82) is 0 Å². The molecule has 1 aliphatic rings. The summed E-state index contributed by atoms with van der Waals surface area (Å²) in [5.41, 5.74) is 2.37. The molecule has 0 aliphatic carbocycles. The molecule has 0 saturated carbocycles. The zero-order valence-corrected chi connectivity index (χ0v) is 16.5. The van der Waals surface area contributed by atoms with Crippen LogP contribution in [0, 0.1) is 10.1 Å². The van der Waals surface area contributed by atoms with Crippen LogP contribution in [0.5, 0.6) is 0 Å². The van der Waals surface area contributed by atoms with Gasteiger partial charge >= 0.3 is 11.8 Å². The summed E-state index contributed by atoms with van der Waals surface area (Å²) in [7, 11) is 0. The Hall–Kier alpha value is -3.46. The summed E-state index contributed by atoms with van der Waals surface area (Å²) in [6.07, 6.45) is 1.46. The molecule has 0 bridgehead atoms. The molecule has 1 aliphatic heterocycles. The molecule has 30 heavy (non-hydrogen) atoms. The zero-order chi connectivity index (χ0) is 21.3. The number of carbonyl (C=O) groups is 2. The molecule has 1 fully saturated rings. The second-order valence-electron chi connectivity index (χ2n) is 6.89. The average Bonchev–Trinajstić information content (AvgIpc) is 2.77. The summed E-state index contributed by atoms with van der Waals surface area (Å²) >= 11 is 0. The van der Waals surface area contributed by atoms with Crippen LogP contribution in [0.4, 0.5) is 17.1 Å². The Labute approximate surface area is 174 Å². The number of morpholine rings is 1. The topological polar surface area (TPSA) is 114 Å². The zero-order valence-electron chi connectivity index (χ0n) is 16.5. The summed E-state index contributed by atoms with van der Waals surface area (Å²) in [5.74, 6) is -1.63. The van der Waals surface area contributed by atoms with E-state index >= 15 is 0 Å². The van der Waals surface area contributed by atoms with E-state index in [0.717, 1.165) is 38.3 Å². The number of anilines is 2. The summed E-state index contributed by atoms with van der Waals surface area (Å²) in [4.78, 5) is 36.4. The number of benzene rings is 2. The van der Waals surface area contributed by atoms with Crippen molar-refractivity contribution < 1.29 is 19.2 Å². The highest BCUT2D eigenvalue weighted by Gasteiger charge is 2.15. The Bertz CT molecular complexity index is 895. The maximum atomic E-state index is 11.9. The van der Waals surface area contributed by atoms with Crippen LogP contribution in [0.15, 0.2) is 48.5 Å². The van der Waals surface area contributed by atoms with E-state index < -0.39 is 16.7 Å². The van der Waals surface area contributed by atoms with Gasteiger partial charge in [-0.25, -0.2) is 0 Å². The van der Waals surface area contributed by atoms with Crippen molar-refractivity contribution >= 4 is 28.9 Å². The molecule has 0 radical (unpaired) electrons. The number of nitro benzene ring substituents is 1. The molecule has 0 spiro atoms. The first-order valence-corrected chi connectivity index (χ1v) is 9.78. The number of nitro groups is 1. The largest absolute Gasteiger partial charge is 0.378 e. The predicted octanol–water partition coefficient (Wildman–Crippen LogP) is 2.12. The molecule has 2 aromatic rings. The van der Waals surface area contributed by atoms with Crippen molar-refractivity contribution in [1.82, 2.24) is 5.32 Å². The lowest BCUT2D eigenvalue weighted by Gasteiger charge is -2.28. The van der Waals surface area contributed by atoms with Crippen LogP contribution in [-0.4, -0.2) is 49.6 Å². The van der Waals surface area contributed by atoms with Gasteiger partial charge in [0.1, 0.15) is 0 Å². The SMILES string of the molecule is O=C(NCCCc1ccc(N2CCOCC2)cc1)C(=O)Nc1cccc([N+](=O)[O-])c1. The second kappa shape index (κ2) is 10.4. The standard InChI is InChI=1S/C21H24N4O5/c26-20(21(27)23-17-4-1-5-19(15-17)25(28)29)22-10-2-3-16-6-8-18(9-7-16)24-11-13-30-14-12-24/h1,4-9,15H,2-3,10-14H2,(H,22,26)(H,23,27). The van der Waals surface area contributed by atoms with Crippen LogP contribution in [0.3, 0.4) is 0 Å². The van der Waals surface area contributed by atoms with Gasteiger partial charge in [0.25, 0.3) is 5.69 Å². The Morgan fingerprint density at radius 3 is 2.50 bits per heavy atom. The number of nitrogens with one attached hydrogen (secondary N) is 2. The number of rotatable bonds is 7. The molecule has 0 aromatic heterocycles. The van der Waals surface area contributed by atoms with Gasteiger partial charge in [-0.3, -0.25) is 19.7 Å². The van der Waals surface area contributed by atoms with E-state index in [9.17, 15) is 19.7 Å². The van der Waals surface area contributed by atoms with Crippen LogP contribution >= 0.6 is 0 Å². The fourth-order valence-corrected chi connectivity index (χ4v) is 3.15. The normalized spacial score (nSPS) is 13.5. The van der Waals surface area contributed by atoms with Gasteiger partial charge in [-0.2, -0.15) is 0 Å². The molecule has 0 unspecified atom stereocenters. The lowest BCUT2D eigenvalue weighted by Crippen LogP contribution is -2.36. The third-order valence-corrected chi connectivity index (χ3v) is 4.76. The van der Waals surface area contributed by atoms with Crippen molar-refractivity contribution in [2.45, 2.75) is 12.8 Å². The molecule has 1 heterocycles. The number of amides is 2. The first kappa shape index (κ1) is 21.3. The van der Waals surface area contributed by atoms with Crippen molar-refractivity contribution in [2.75, 3.05) is 43.1 Å². The minimum absolute atomic E-state index is 0.159. The van der Waals surface area contributed by atoms with Crippen molar-refractivity contribution in [3.63, 3.8) is 0 Å². The Morgan fingerprint density at radius 2 is 1.80 bits per heavy atom. The van der Waals surface area contributed by atoms with E-state index in [1.54, 1.807) is 0 Å². The van der Waals surface area contributed by atoms with E-state index in [-0.39, 0.29) is 11.4 Å². The number of carbonyl (C=O) groups excluding carboxylic acids is 2. The number of aryl methyl sites for hydroxylation is 1. The highest BCUT2D eigenvalue weighted by atomic mass is 16.6. The Balaban J connectivity index is 1.39. The number of ether oxygens (including phenoxy) is 1.